The van der Waals surface area contributed by atoms with Crippen LogP contribution in [0.4, 0.5) is 0 Å². The first-order valence-electron chi connectivity index (χ1n) is 7.78. The number of rotatable bonds is 10. The maximum atomic E-state index is 10.8. The van der Waals surface area contributed by atoms with Gasteiger partial charge in [-0.2, -0.15) is 0 Å². The molecular weight excluding hydrogens is 300 g/mol. The largest absolute Gasteiger partial charge is 0.478 e. The lowest BCUT2D eigenvalue weighted by Gasteiger charge is -2.13. The normalized spacial score (nSPS) is 11.1. The molecule has 0 fully saturated rings. The van der Waals surface area contributed by atoms with Crippen LogP contribution in [-0.2, 0) is 23.9 Å². The van der Waals surface area contributed by atoms with Crippen molar-refractivity contribution in [2.45, 2.75) is 46.5 Å². The lowest BCUT2D eigenvalue weighted by Crippen LogP contribution is -2.12. The number of ether oxygens (including phenoxy) is 2. The maximum absolute atomic E-state index is 10.8. The minimum atomic E-state index is -1.16. The molecule has 0 aliphatic heterocycles. The summed E-state index contributed by atoms with van der Waals surface area (Å²) in [7, 11) is 0. The van der Waals surface area contributed by atoms with Gasteiger partial charge in [-0.1, -0.05) is 39.7 Å². The first-order chi connectivity index (χ1) is 10.9. The SMILES string of the molecule is C=CC(=O)OCC(CC)CCCC.CCOC(=O)C=CC(=O)O. The highest BCUT2D eigenvalue weighted by atomic mass is 16.5. The number of carboxylic acids is 1. The van der Waals surface area contributed by atoms with E-state index in [4.69, 9.17) is 9.84 Å². The average molecular weight is 328 g/mol. The highest BCUT2D eigenvalue weighted by Gasteiger charge is 2.07. The minimum absolute atomic E-state index is 0.253. The molecule has 6 nitrogen and oxygen atoms in total. The van der Waals surface area contributed by atoms with Crippen molar-refractivity contribution in [1.29, 1.82) is 0 Å². The molecule has 0 aliphatic carbocycles. The molecule has 0 saturated carbocycles. The Morgan fingerprint density at radius 3 is 2.17 bits per heavy atom. The lowest BCUT2D eigenvalue weighted by atomic mass is 10.0. The van der Waals surface area contributed by atoms with Crippen LogP contribution in [0.25, 0.3) is 0 Å². The van der Waals surface area contributed by atoms with Crippen LogP contribution in [0.2, 0.25) is 0 Å². The molecule has 1 N–H and O–H groups in total. The summed E-state index contributed by atoms with van der Waals surface area (Å²) in [6.45, 7) is 10.1. The molecule has 1 unspecified atom stereocenters. The van der Waals surface area contributed by atoms with Gasteiger partial charge in [0.2, 0.25) is 0 Å². The monoisotopic (exact) mass is 328 g/mol. The van der Waals surface area contributed by atoms with E-state index >= 15 is 0 Å². The van der Waals surface area contributed by atoms with E-state index in [9.17, 15) is 14.4 Å². The minimum Gasteiger partial charge on any atom is -0.478 e. The molecule has 0 saturated heterocycles. The first-order valence-corrected chi connectivity index (χ1v) is 7.78. The molecule has 132 valence electrons. The van der Waals surface area contributed by atoms with Crippen LogP contribution in [0.3, 0.4) is 0 Å². The van der Waals surface area contributed by atoms with E-state index in [1.165, 1.54) is 18.9 Å². The Labute approximate surface area is 138 Å². The summed E-state index contributed by atoms with van der Waals surface area (Å²) in [5, 5.41) is 8.04. The van der Waals surface area contributed by atoms with Crippen molar-refractivity contribution in [3.05, 3.63) is 24.8 Å². The molecule has 0 radical (unpaired) electrons. The number of aliphatic carboxylic acids is 1. The topological polar surface area (TPSA) is 89.9 Å². The van der Waals surface area contributed by atoms with E-state index in [2.05, 4.69) is 25.2 Å². The number of hydrogen-bond acceptors (Lipinski definition) is 5. The van der Waals surface area contributed by atoms with Crippen molar-refractivity contribution in [3.8, 4) is 0 Å². The lowest BCUT2D eigenvalue weighted by molar-refractivity contribution is -0.139. The van der Waals surface area contributed by atoms with Gasteiger partial charge in [-0.25, -0.2) is 14.4 Å². The van der Waals surface area contributed by atoms with Crippen molar-refractivity contribution < 1.29 is 29.0 Å². The Balaban J connectivity index is 0. The molecule has 0 aromatic rings. The van der Waals surface area contributed by atoms with Gasteiger partial charge in [0.15, 0.2) is 0 Å². The Morgan fingerprint density at radius 1 is 1.09 bits per heavy atom. The molecule has 0 bridgehead atoms. The van der Waals surface area contributed by atoms with E-state index in [1.807, 2.05) is 0 Å². The van der Waals surface area contributed by atoms with Crippen LogP contribution >= 0.6 is 0 Å². The number of carbonyl (C=O) groups is 3. The molecule has 0 aliphatic rings. The molecule has 0 heterocycles. The number of esters is 2. The van der Waals surface area contributed by atoms with E-state index in [1.54, 1.807) is 6.92 Å². The van der Waals surface area contributed by atoms with Crippen molar-refractivity contribution in [2.24, 2.45) is 5.92 Å². The molecule has 0 spiro atoms. The zero-order valence-corrected chi connectivity index (χ0v) is 14.2. The zero-order valence-electron chi connectivity index (χ0n) is 14.2. The Kier molecular flexibility index (Phi) is 16.4. The molecule has 0 amide bonds. The van der Waals surface area contributed by atoms with Crippen LogP contribution in [0, 0.1) is 5.92 Å². The van der Waals surface area contributed by atoms with E-state index < -0.39 is 11.9 Å². The molecule has 0 aromatic heterocycles. The van der Waals surface area contributed by atoms with Gasteiger partial charge in [-0.15, -0.1) is 0 Å². The van der Waals surface area contributed by atoms with Crippen molar-refractivity contribution >= 4 is 17.9 Å². The van der Waals surface area contributed by atoms with E-state index in [-0.39, 0.29) is 12.6 Å². The molecule has 0 rings (SSSR count). The standard InChI is InChI=1S/C11H20O2.C6H8O4/c1-4-7-8-10(5-2)9-13-11(12)6-3;1-2-10-6(9)4-3-5(7)8/h6,10H,3-5,7-9H2,1-2H3;3-4H,2H2,1H3,(H,7,8). The Bertz CT molecular complexity index is 387. The molecule has 0 aromatic carbocycles. The fourth-order valence-electron chi connectivity index (χ4n) is 1.49. The van der Waals surface area contributed by atoms with Gasteiger partial charge >= 0.3 is 17.9 Å². The van der Waals surface area contributed by atoms with Crippen molar-refractivity contribution in [1.82, 2.24) is 0 Å². The third kappa shape index (κ3) is 17.8. The summed E-state index contributed by atoms with van der Waals surface area (Å²) in [6, 6.07) is 0. The Morgan fingerprint density at radius 2 is 1.74 bits per heavy atom. The van der Waals surface area contributed by atoms with Gasteiger partial charge in [0.1, 0.15) is 0 Å². The molecule has 23 heavy (non-hydrogen) atoms. The second-order valence-electron chi connectivity index (χ2n) is 4.67. The van der Waals surface area contributed by atoms with Crippen LogP contribution in [0.1, 0.15) is 46.5 Å². The zero-order chi connectivity index (χ0) is 18.1. The smallest absolute Gasteiger partial charge is 0.330 e. The third-order valence-corrected chi connectivity index (χ3v) is 2.82. The van der Waals surface area contributed by atoms with Gasteiger partial charge in [-0.05, 0) is 19.3 Å². The summed E-state index contributed by atoms with van der Waals surface area (Å²) in [6.07, 6.45) is 7.45. The van der Waals surface area contributed by atoms with E-state index in [0.29, 0.717) is 12.5 Å². The van der Waals surface area contributed by atoms with Gasteiger partial charge < -0.3 is 14.6 Å². The summed E-state index contributed by atoms with van der Waals surface area (Å²) in [4.78, 5) is 31.0. The van der Waals surface area contributed by atoms with Crippen LogP contribution in [0.5, 0.6) is 0 Å². The second kappa shape index (κ2) is 16.3. The third-order valence-electron chi connectivity index (χ3n) is 2.82. The summed E-state index contributed by atoms with van der Waals surface area (Å²) in [5.74, 6) is -1.59. The second-order valence-corrected chi connectivity index (χ2v) is 4.67. The summed E-state index contributed by atoms with van der Waals surface area (Å²) in [5.41, 5.74) is 0. The fraction of sp³-hybridized carbons (Fsp3) is 0.588. The number of carboxylic acid groups (broad SMARTS) is 1. The summed E-state index contributed by atoms with van der Waals surface area (Å²) >= 11 is 0. The van der Waals surface area contributed by atoms with Crippen LogP contribution in [-0.4, -0.2) is 36.2 Å². The molecule has 6 heteroatoms. The van der Waals surface area contributed by atoms with Crippen LogP contribution in [0.15, 0.2) is 24.8 Å². The highest BCUT2D eigenvalue weighted by molar-refractivity contribution is 5.90. The number of carbonyl (C=O) groups excluding carboxylic acids is 2. The summed E-state index contributed by atoms with van der Waals surface area (Å²) < 4.78 is 9.39. The van der Waals surface area contributed by atoms with Gasteiger partial charge in [-0.3, -0.25) is 0 Å². The Hall–Kier alpha value is -2.11. The maximum Gasteiger partial charge on any atom is 0.330 e. The van der Waals surface area contributed by atoms with Crippen molar-refractivity contribution in [2.75, 3.05) is 13.2 Å². The predicted molar refractivity (Wildman–Crippen MR) is 87.9 cm³/mol. The average Bonchev–Trinajstić information content (AvgIpc) is 2.53. The fourth-order valence-corrected chi connectivity index (χ4v) is 1.49. The number of unbranched alkanes of at least 4 members (excludes halogenated alkanes) is 1. The first kappa shape index (κ1) is 23.2. The van der Waals surface area contributed by atoms with E-state index in [0.717, 1.165) is 25.0 Å². The highest BCUT2D eigenvalue weighted by Crippen LogP contribution is 2.12. The molecule has 1 atom stereocenters. The van der Waals surface area contributed by atoms with Gasteiger partial charge in [0, 0.05) is 18.2 Å². The molecular formula is C17H28O6. The van der Waals surface area contributed by atoms with Crippen molar-refractivity contribution in [3.63, 3.8) is 0 Å². The van der Waals surface area contributed by atoms with Crippen LogP contribution < -0.4 is 0 Å². The van der Waals surface area contributed by atoms with Gasteiger partial charge in [0.05, 0.1) is 13.2 Å². The van der Waals surface area contributed by atoms with Gasteiger partial charge in [0.25, 0.3) is 0 Å². The predicted octanol–water partition coefficient (Wildman–Crippen LogP) is 3.12. The quantitative estimate of drug-likeness (QED) is 0.489. The number of hydrogen-bond donors (Lipinski definition) is 1.